The molecule has 15 heavy (non-hydrogen) atoms. The van der Waals surface area contributed by atoms with Crippen LogP contribution in [0.15, 0.2) is 12.4 Å². The Balaban J connectivity index is 2.21. The number of nitrogens with zero attached hydrogens (tertiary/aromatic N) is 3. The summed E-state index contributed by atoms with van der Waals surface area (Å²) < 4.78 is 2.16. The summed E-state index contributed by atoms with van der Waals surface area (Å²) in [6.07, 6.45) is 4.84. The molecule has 80 valence electrons. The number of aryl methyl sites for hydroxylation is 3. The molecule has 2 heterocycles. The average Bonchev–Trinajstić information content (AvgIpc) is 2.75. The Morgan fingerprint density at radius 1 is 1.40 bits per heavy atom. The standard InChI is InChI=1S/C11H15N3S/c1-4-10-12-5-6-14(10)7-11-13-8(2)9(3)15-11/h5-6H,4,7H2,1-3H3. The van der Waals surface area contributed by atoms with Gasteiger partial charge in [0, 0.05) is 23.7 Å². The molecule has 0 saturated heterocycles. The Kier molecular flexibility index (Phi) is 2.86. The van der Waals surface area contributed by atoms with Crippen LogP contribution in [-0.4, -0.2) is 14.5 Å². The Hall–Kier alpha value is -1.16. The summed E-state index contributed by atoms with van der Waals surface area (Å²) in [5.41, 5.74) is 1.15. The van der Waals surface area contributed by atoms with E-state index in [9.17, 15) is 0 Å². The van der Waals surface area contributed by atoms with Gasteiger partial charge >= 0.3 is 0 Å². The molecule has 0 unspecified atom stereocenters. The van der Waals surface area contributed by atoms with Gasteiger partial charge in [0.1, 0.15) is 10.8 Å². The normalized spacial score (nSPS) is 10.9. The van der Waals surface area contributed by atoms with E-state index in [0.717, 1.165) is 29.5 Å². The zero-order valence-corrected chi connectivity index (χ0v) is 10.1. The fraction of sp³-hybridized carbons (Fsp3) is 0.455. The highest BCUT2D eigenvalue weighted by Gasteiger charge is 2.06. The molecule has 0 aromatic carbocycles. The number of aromatic nitrogens is 3. The van der Waals surface area contributed by atoms with Gasteiger partial charge in [-0.1, -0.05) is 6.92 Å². The lowest BCUT2D eigenvalue weighted by atomic mass is 10.4. The van der Waals surface area contributed by atoms with Gasteiger partial charge in [-0.05, 0) is 13.8 Å². The van der Waals surface area contributed by atoms with Crippen LogP contribution in [0.1, 0.15) is 28.3 Å². The zero-order valence-electron chi connectivity index (χ0n) is 9.32. The smallest absolute Gasteiger partial charge is 0.113 e. The van der Waals surface area contributed by atoms with Crippen LogP contribution in [0, 0.1) is 13.8 Å². The van der Waals surface area contributed by atoms with E-state index in [4.69, 9.17) is 0 Å². The maximum Gasteiger partial charge on any atom is 0.113 e. The van der Waals surface area contributed by atoms with Crippen molar-refractivity contribution in [2.75, 3.05) is 0 Å². The molecule has 0 saturated carbocycles. The second-order valence-electron chi connectivity index (χ2n) is 3.57. The summed E-state index contributed by atoms with van der Waals surface area (Å²) in [5, 5.41) is 1.16. The number of imidazole rings is 1. The number of hydrogen-bond donors (Lipinski definition) is 0. The van der Waals surface area contributed by atoms with Gasteiger partial charge in [0.15, 0.2) is 0 Å². The van der Waals surface area contributed by atoms with Crippen molar-refractivity contribution in [3.8, 4) is 0 Å². The molecule has 0 N–H and O–H groups in total. The second kappa shape index (κ2) is 4.14. The van der Waals surface area contributed by atoms with Crippen molar-refractivity contribution in [2.24, 2.45) is 0 Å². The molecule has 0 fully saturated rings. The third kappa shape index (κ3) is 2.09. The van der Waals surface area contributed by atoms with E-state index in [1.165, 1.54) is 4.88 Å². The van der Waals surface area contributed by atoms with Gasteiger partial charge in [0.05, 0.1) is 12.2 Å². The van der Waals surface area contributed by atoms with Gasteiger partial charge in [-0.3, -0.25) is 0 Å². The van der Waals surface area contributed by atoms with E-state index in [-0.39, 0.29) is 0 Å². The molecule has 0 aliphatic heterocycles. The molecular formula is C11H15N3S. The Morgan fingerprint density at radius 2 is 2.20 bits per heavy atom. The van der Waals surface area contributed by atoms with Gasteiger partial charge in [-0.15, -0.1) is 11.3 Å². The van der Waals surface area contributed by atoms with Crippen LogP contribution >= 0.6 is 11.3 Å². The molecule has 4 heteroatoms. The quantitative estimate of drug-likeness (QED) is 0.797. The summed E-state index contributed by atoms with van der Waals surface area (Å²) in [6.45, 7) is 7.15. The van der Waals surface area contributed by atoms with Crippen LogP contribution in [-0.2, 0) is 13.0 Å². The van der Waals surface area contributed by atoms with Crippen molar-refractivity contribution in [2.45, 2.75) is 33.7 Å². The first kappa shape index (κ1) is 10.4. The molecular weight excluding hydrogens is 206 g/mol. The van der Waals surface area contributed by atoms with Crippen molar-refractivity contribution >= 4 is 11.3 Å². The lowest BCUT2D eigenvalue weighted by Gasteiger charge is -2.02. The van der Waals surface area contributed by atoms with E-state index in [1.54, 1.807) is 11.3 Å². The van der Waals surface area contributed by atoms with Crippen LogP contribution < -0.4 is 0 Å². The fourth-order valence-electron chi connectivity index (χ4n) is 1.55. The highest BCUT2D eigenvalue weighted by molar-refractivity contribution is 7.11. The average molecular weight is 221 g/mol. The fourth-order valence-corrected chi connectivity index (χ4v) is 2.48. The van der Waals surface area contributed by atoms with E-state index in [2.05, 4.69) is 35.3 Å². The van der Waals surface area contributed by atoms with E-state index < -0.39 is 0 Å². The molecule has 0 radical (unpaired) electrons. The predicted octanol–water partition coefficient (Wildman–Crippen LogP) is 2.57. The van der Waals surface area contributed by atoms with Crippen molar-refractivity contribution < 1.29 is 0 Å². The Labute approximate surface area is 93.8 Å². The number of rotatable bonds is 3. The van der Waals surface area contributed by atoms with E-state index in [1.807, 2.05) is 12.4 Å². The maximum atomic E-state index is 4.53. The van der Waals surface area contributed by atoms with Gasteiger partial charge in [0.25, 0.3) is 0 Å². The minimum Gasteiger partial charge on any atom is -0.328 e. The van der Waals surface area contributed by atoms with Crippen molar-refractivity contribution in [3.63, 3.8) is 0 Å². The highest BCUT2D eigenvalue weighted by Crippen LogP contribution is 2.17. The van der Waals surface area contributed by atoms with Gasteiger partial charge in [-0.25, -0.2) is 9.97 Å². The summed E-state index contributed by atoms with van der Waals surface area (Å²) in [5.74, 6) is 1.13. The lowest BCUT2D eigenvalue weighted by molar-refractivity contribution is 0.727. The first-order valence-corrected chi connectivity index (χ1v) is 5.95. The summed E-state index contributed by atoms with van der Waals surface area (Å²) >= 11 is 1.77. The van der Waals surface area contributed by atoms with Crippen LogP contribution in [0.3, 0.4) is 0 Å². The molecule has 2 aromatic rings. The van der Waals surface area contributed by atoms with Crippen LogP contribution in [0.2, 0.25) is 0 Å². The first-order chi connectivity index (χ1) is 7.20. The van der Waals surface area contributed by atoms with Gasteiger partial charge < -0.3 is 4.57 Å². The van der Waals surface area contributed by atoms with E-state index >= 15 is 0 Å². The van der Waals surface area contributed by atoms with Crippen molar-refractivity contribution in [3.05, 3.63) is 33.8 Å². The predicted molar refractivity (Wildman–Crippen MR) is 62.3 cm³/mol. The topological polar surface area (TPSA) is 30.7 Å². The molecule has 0 aliphatic rings. The molecule has 0 spiro atoms. The lowest BCUT2D eigenvalue weighted by Crippen LogP contribution is -2.02. The minimum atomic E-state index is 0.850. The molecule has 3 nitrogen and oxygen atoms in total. The largest absolute Gasteiger partial charge is 0.328 e. The number of thiazole rings is 1. The minimum absolute atomic E-state index is 0.850. The first-order valence-electron chi connectivity index (χ1n) is 5.13. The summed E-state index contributed by atoms with van der Waals surface area (Å²) in [6, 6.07) is 0. The van der Waals surface area contributed by atoms with Crippen molar-refractivity contribution in [1.82, 2.24) is 14.5 Å². The zero-order chi connectivity index (χ0) is 10.8. The second-order valence-corrected chi connectivity index (χ2v) is 4.86. The maximum absolute atomic E-state index is 4.53. The van der Waals surface area contributed by atoms with E-state index in [0.29, 0.717) is 0 Å². The Bertz CT molecular complexity index is 437. The monoisotopic (exact) mass is 221 g/mol. The molecule has 2 rings (SSSR count). The Morgan fingerprint density at radius 3 is 2.80 bits per heavy atom. The SMILES string of the molecule is CCc1nccn1Cc1nc(C)c(C)s1. The van der Waals surface area contributed by atoms with Gasteiger partial charge in [0.2, 0.25) is 0 Å². The number of hydrogen-bond acceptors (Lipinski definition) is 3. The molecule has 2 aromatic heterocycles. The van der Waals surface area contributed by atoms with Crippen LogP contribution in [0.5, 0.6) is 0 Å². The molecule has 0 amide bonds. The summed E-state index contributed by atoms with van der Waals surface area (Å²) in [7, 11) is 0. The third-order valence-corrected chi connectivity index (χ3v) is 3.55. The molecule has 0 aliphatic carbocycles. The summed E-state index contributed by atoms with van der Waals surface area (Å²) in [4.78, 5) is 10.1. The third-order valence-electron chi connectivity index (χ3n) is 2.50. The van der Waals surface area contributed by atoms with Gasteiger partial charge in [-0.2, -0.15) is 0 Å². The highest BCUT2D eigenvalue weighted by atomic mass is 32.1. The van der Waals surface area contributed by atoms with Crippen LogP contribution in [0.4, 0.5) is 0 Å². The molecule has 0 atom stereocenters. The van der Waals surface area contributed by atoms with Crippen LogP contribution in [0.25, 0.3) is 0 Å². The molecule has 0 bridgehead atoms. The van der Waals surface area contributed by atoms with Crippen molar-refractivity contribution in [1.29, 1.82) is 0 Å².